The molecule has 3 unspecified atom stereocenters. The summed E-state index contributed by atoms with van der Waals surface area (Å²) < 4.78 is 6.52. The van der Waals surface area contributed by atoms with Crippen LogP contribution < -0.4 is 24.0 Å². The minimum Gasteiger partial charge on any atom is -0.876 e. The van der Waals surface area contributed by atoms with E-state index in [-0.39, 0.29) is 24.5 Å². The second-order valence-electron chi connectivity index (χ2n) is 10.4. The summed E-state index contributed by atoms with van der Waals surface area (Å²) in [6.07, 6.45) is 12.4. The Morgan fingerprint density at radius 3 is 2.48 bits per heavy atom. The molecule has 0 aromatic heterocycles. The number of hydrogen-bond donors (Lipinski definition) is 0. The molecule has 3 saturated carbocycles. The molecule has 2 nitrogen and oxygen atoms in total. The Bertz CT molecular complexity index is 523. The van der Waals surface area contributed by atoms with Crippen molar-refractivity contribution in [3.63, 3.8) is 0 Å². The molecule has 0 N–H and O–H groups in total. The third-order valence-corrected chi connectivity index (χ3v) is 7.96. The van der Waals surface area contributed by atoms with Gasteiger partial charge in [0.05, 0.1) is 11.7 Å². The first-order valence-electron chi connectivity index (χ1n) is 10.3. The van der Waals surface area contributed by atoms with Crippen LogP contribution in [0.2, 0.25) is 0 Å². The van der Waals surface area contributed by atoms with Crippen LogP contribution in [0.1, 0.15) is 79.1 Å². The van der Waals surface area contributed by atoms with Crippen molar-refractivity contribution in [2.75, 3.05) is 0 Å². The van der Waals surface area contributed by atoms with Crippen LogP contribution in [-0.4, -0.2) is 11.7 Å². The summed E-state index contributed by atoms with van der Waals surface area (Å²) in [5, 5.41) is 11.8. The normalized spacial score (nSPS) is 46.3. The topological polar surface area (TPSA) is 32.3 Å². The molecule has 4 rings (SSSR count). The summed E-state index contributed by atoms with van der Waals surface area (Å²) in [4.78, 5) is 0. The van der Waals surface area contributed by atoms with Crippen molar-refractivity contribution in [2.45, 2.75) is 90.8 Å². The van der Waals surface area contributed by atoms with Gasteiger partial charge in [-0.05, 0) is 107 Å². The van der Waals surface area contributed by atoms with Gasteiger partial charge < -0.3 is 9.84 Å². The standard InChI is InChI=1S/C22H36O2.Li/c1-21(2,3)24-20-10-9-19-18-7-5-14-13-15(23)6-8-16(14)17(18)11-12-22(19,20)4;/h13-14,16-20,23H,5-12H2,1-4H3;/q;+1/p-1/t14-,16-,17?,18?,19?,20-,22-;/m0./s1. The van der Waals surface area contributed by atoms with Crippen LogP contribution in [0.5, 0.6) is 0 Å². The third kappa shape index (κ3) is 3.49. The molecule has 0 aromatic carbocycles. The molecule has 0 saturated heterocycles. The molecule has 0 amide bonds. The summed E-state index contributed by atoms with van der Waals surface area (Å²) in [7, 11) is 0. The monoisotopic (exact) mass is 338 g/mol. The van der Waals surface area contributed by atoms with Crippen LogP contribution in [0.25, 0.3) is 0 Å². The van der Waals surface area contributed by atoms with Crippen LogP contribution >= 0.6 is 0 Å². The maximum atomic E-state index is 11.8. The Balaban J connectivity index is 0.00000182. The van der Waals surface area contributed by atoms with Crippen LogP contribution in [0.4, 0.5) is 0 Å². The molecule has 0 aromatic rings. The van der Waals surface area contributed by atoms with Gasteiger partial charge in [-0.3, -0.25) is 0 Å². The van der Waals surface area contributed by atoms with Gasteiger partial charge >= 0.3 is 18.9 Å². The van der Waals surface area contributed by atoms with Gasteiger partial charge in [-0.15, -0.1) is 5.76 Å². The van der Waals surface area contributed by atoms with Crippen molar-refractivity contribution >= 4 is 0 Å². The molecule has 25 heavy (non-hydrogen) atoms. The van der Waals surface area contributed by atoms with E-state index in [4.69, 9.17) is 4.74 Å². The Morgan fingerprint density at radius 2 is 1.76 bits per heavy atom. The van der Waals surface area contributed by atoms with Gasteiger partial charge in [0.25, 0.3) is 0 Å². The van der Waals surface area contributed by atoms with E-state index in [1.54, 1.807) is 0 Å². The van der Waals surface area contributed by atoms with Gasteiger partial charge in [0, 0.05) is 0 Å². The Morgan fingerprint density at radius 1 is 1.00 bits per heavy atom. The molecule has 7 atom stereocenters. The second-order valence-corrected chi connectivity index (χ2v) is 10.4. The zero-order chi connectivity index (χ0) is 17.1. The van der Waals surface area contributed by atoms with Crippen molar-refractivity contribution in [1.82, 2.24) is 0 Å². The minimum atomic E-state index is -0.0320. The zero-order valence-electron chi connectivity index (χ0n) is 17.0. The molecule has 3 fully saturated rings. The Labute approximate surface area is 166 Å². The fourth-order valence-electron chi connectivity index (χ4n) is 7.02. The molecule has 0 bridgehead atoms. The quantitative estimate of drug-likeness (QED) is 0.682. The fraction of sp³-hybridized carbons (Fsp3) is 0.909. The molecule has 0 radical (unpaired) electrons. The molecule has 0 spiro atoms. The fourth-order valence-corrected chi connectivity index (χ4v) is 7.02. The average molecular weight is 338 g/mol. The van der Waals surface area contributed by atoms with Crippen LogP contribution in [0.15, 0.2) is 11.8 Å². The van der Waals surface area contributed by atoms with E-state index >= 15 is 0 Å². The molecule has 3 heteroatoms. The predicted octanol–water partition coefficient (Wildman–Crippen LogP) is 1.68. The van der Waals surface area contributed by atoms with Gasteiger partial charge in [0.15, 0.2) is 0 Å². The Hall–Kier alpha value is 0.0974. The van der Waals surface area contributed by atoms with E-state index in [1.807, 2.05) is 0 Å². The maximum absolute atomic E-state index is 11.8. The zero-order valence-corrected chi connectivity index (χ0v) is 17.0. The van der Waals surface area contributed by atoms with Gasteiger partial charge in [0.1, 0.15) is 0 Å². The van der Waals surface area contributed by atoms with Crippen molar-refractivity contribution in [3.05, 3.63) is 11.8 Å². The second kappa shape index (κ2) is 6.92. The molecule has 4 aliphatic carbocycles. The molecular weight excluding hydrogens is 303 g/mol. The van der Waals surface area contributed by atoms with Crippen LogP contribution in [0, 0.1) is 35.0 Å². The van der Waals surface area contributed by atoms with E-state index in [2.05, 4.69) is 33.8 Å². The van der Waals surface area contributed by atoms with Crippen molar-refractivity contribution < 1.29 is 28.7 Å². The van der Waals surface area contributed by atoms with Crippen molar-refractivity contribution in [1.29, 1.82) is 0 Å². The first-order chi connectivity index (χ1) is 11.3. The molecule has 0 heterocycles. The van der Waals surface area contributed by atoms with Crippen LogP contribution in [0.3, 0.4) is 0 Å². The van der Waals surface area contributed by atoms with E-state index in [9.17, 15) is 5.11 Å². The van der Waals surface area contributed by atoms with Gasteiger partial charge in [-0.1, -0.05) is 13.0 Å². The number of hydrogen-bond acceptors (Lipinski definition) is 2. The van der Waals surface area contributed by atoms with Crippen LogP contribution in [-0.2, 0) is 4.74 Å². The summed E-state index contributed by atoms with van der Waals surface area (Å²) >= 11 is 0. The molecule has 0 aliphatic heterocycles. The summed E-state index contributed by atoms with van der Waals surface area (Å²) in [5.74, 6) is 4.42. The maximum Gasteiger partial charge on any atom is 1.00 e. The van der Waals surface area contributed by atoms with E-state index in [1.165, 1.54) is 38.5 Å². The number of rotatable bonds is 1. The largest absolute Gasteiger partial charge is 1.00 e. The summed E-state index contributed by atoms with van der Waals surface area (Å²) in [6.45, 7) is 9.14. The number of allylic oxidation sites excluding steroid dienone is 2. The third-order valence-electron chi connectivity index (χ3n) is 7.96. The molecule has 136 valence electrons. The molecular formula is C22H35LiO2. The Kier molecular flexibility index (Phi) is 5.50. The average Bonchev–Trinajstić information content (AvgIpc) is 2.82. The van der Waals surface area contributed by atoms with E-state index in [0.29, 0.717) is 23.2 Å². The smallest absolute Gasteiger partial charge is 0.876 e. The predicted molar refractivity (Wildman–Crippen MR) is 95.2 cm³/mol. The van der Waals surface area contributed by atoms with E-state index in [0.717, 1.165) is 36.5 Å². The van der Waals surface area contributed by atoms with Gasteiger partial charge in [-0.2, -0.15) is 0 Å². The number of fused-ring (bicyclic) bond motifs is 5. The summed E-state index contributed by atoms with van der Waals surface area (Å²) in [5.41, 5.74) is 0.352. The molecule has 4 aliphatic rings. The van der Waals surface area contributed by atoms with Crippen molar-refractivity contribution in [2.24, 2.45) is 35.0 Å². The van der Waals surface area contributed by atoms with Gasteiger partial charge in [0.2, 0.25) is 0 Å². The van der Waals surface area contributed by atoms with E-state index < -0.39 is 0 Å². The first-order valence-corrected chi connectivity index (χ1v) is 10.3. The SMILES string of the molecule is CC(C)(C)O[C@H]1CCC2C3CC[C@H]4C=C([O-])CC[C@@H]4C3CC[C@@]21C.[Li+]. The minimum absolute atomic E-state index is 0. The summed E-state index contributed by atoms with van der Waals surface area (Å²) in [6, 6.07) is 0. The first kappa shape index (κ1) is 19.8. The van der Waals surface area contributed by atoms with Crippen molar-refractivity contribution in [3.8, 4) is 0 Å². The number of ether oxygens (including phenoxy) is 1. The van der Waals surface area contributed by atoms with Gasteiger partial charge in [-0.25, -0.2) is 0 Å².